The first kappa shape index (κ1) is 22.5. The van der Waals surface area contributed by atoms with Crippen LogP contribution in [-0.2, 0) is 16.1 Å². The second kappa shape index (κ2) is 8.67. The number of likely N-dealkylation sites (tertiary alicyclic amines) is 1. The second-order valence-electron chi connectivity index (χ2n) is 11.0. The van der Waals surface area contributed by atoms with E-state index < -0.39 is 5.54 Å². The number of nitrogens with one attached hydrogen (secondary N) is 2. The first-order valence-corrected chi connectivity index (χ1v) is 12.1. The molecule has 1 amide bonds. The summed E-state index contributed by atoms with van der Waals surface area (Å²) in [5, 5.41) is 6.88. The van der Waals surface area contributed by atoms with E-state index in [1.54, 1.807) is 6.92 Å². The van der Waals surface area contributed by atoms with Gasteiger partial charge in [0.2, 0.25) is 5.91 Å². The Kier molecular flexibility index (Phi) is 6.28. The van der Waals surface area contributed by atoms with Crippen molar-refractivity contribution in [3.63, 3.8) is 0 Å². The van der Waals surface area contributed by atoms with Crippen LogP contribution in [0, 0.1) is 29.6 Å². The molecule has 1 aliphatic carbocycles. The summed E-state index contributed by atoms with van der Waals surface area (Å²) in [5.74, 6) is 2.28. The highest BCUT2D eigenvalue weighted by atomic mass is 16.2. The van der Waals surface area contributed by atoms with Crippen molar-refractivity contribution >= 4 is 11.7 Å². The predicted octanol–water partition coefficient (Wildman–Crippen LogP) is 3.24. The molecule has 5 rings (SSSR count). The monoisotopic (exact) mass is 425 g/mol. The van der Waals surface area contributed by atoms with Crippen LogP contribution in [0.4, 0.5) is 0 Å². The summed E-state index contributed by atoms with van der Waals surface area (Å²) in [4.78, 5) is 29.2. The third kappa shape index (κ3) is 4.07. The molecule has 3 aliphatic heterocycles. The van der Waals surface area contributed by atoms with Crippen LogP contribution in [0.1, 0.15) is 53.0 Å². The van der Waals surface area contributed by atoms with Crippen molar-refractivity contribution in [3.05, 3.63) is 35.9 Å². The third-order valence-corrected chi connectivity index (χ3v) is 7.72. The van der Waals surface area contributed by atoms with Crippen molar-refractivity contribution in [2.75, 3.05) is 13.1 Å². The van der Waals surface area contributed by atoms with Gasteiger partial charge in [0.15, 0.2) is 0 Å². The van der Waals surface area contributed by atoms with Gasteiger partial charge in [0.05, 0.1) is 6.04 Å². The highest BCUT2D eigenvalue weighted by Gasteiger charge is 2.68. The lowest BCUT2D eigenvalue weighted by atomic mass is 9.55. The van der Waals surface area contributed by atoms with Gasteiger partial charge in [-0.1, -0.05) is 58.0 Å². The van der Waals surface area contributed by atoms with Crippen LogP contribution in [0.25, 0.3) is 0 Å². The molecule has 0 radical (unpaired) electrons. The number of carbonyl (C=O) groups is 2. The Bertz CT molecular complexity index is 808. The van der Waals surface area contributed by atoms with Crippen LogP contribution in [0.2, 0.25) is 0 Å². The van der Waals surface area contributed by atoms with E-state index in [4.69, 9.17) is 0 Å². The Morgan fingerprint density at radius 3 is 2.48 bits per heavy atom. The molecule has 5 nitrogen and oxygen atoms in total. The molecular formula is C26H39N3O2. The molecule has 0 aromatic heterocycles. The number of Topliss-reactive ketones (excluding diaryl/α,β-unsaturated/α-hetero) is 1. The van der Waals surface area contributed by atoms with Gasteiger partial charge in [0.1, 0.15) is 11.3 Å². The first-order chi connectivity index (χ1) is 14.7. The Morgan fingerprint density at radius 1 is 1.16 bits per heavy atom. The first-order valence-electron chi connectivity index (χ1n) is 12.1. The maximum Gasteiger partial charge on any atom is 0.240 e. The standard InChI is InChI=1S/C26H39N3O2/c1-16(2)11-21-24-22-20(15-29(24)14-17(3)4)12-26(21,28-23(22)18(5)30)25(31)27-13-19-9-7-6-8-10-19/h6-10,16-17,20-24,28H,11-15H2,1-5H3,(H,27,31). The Labute approximate surface area is 187 Å². The third-order valence-electron chi connectivity index (χ3n) is 7.72. The molecule has 5 heteroatoms. The topological polar surface area (TPSA) is 61.4 Å². The lowest BCUT2D eigenvalue weighted by Crippen LogP contribution is -2.78. The molecule has 4 aliphatic rings. The number of rotatable bonds is 8. The van der Waals surface area contributed by atoms with Gasteiger partial charge in [-0.2, -0.15) is 0 Å². The number of amides is 1. The Balaban J connectivity index is 1.67. The van der Waals surface area contributed by atoms with E-state index in [-0.39, 0.29) is 23.7 Å². The fourth-order valence-corrected chi connectivity index (χ4v) is 6.80. The molecular weight excluding hydrogens is 386 g/mol. The number of benzene rings is 1. The maximum absolute atomic E-state index is 13.9. The largest absolute Gasteiger partial charge is 0.350 e. The molecule has 4 fully saturated rings. The number of piperidine rings is 2. The molecule has 6 unspecified atom stereocenters. The van der Waals surface area contributed by atoms with Crippen molar-refractivity contribution < 1.29 is 9.59 Å². The fraction of sp³-hybridized carbons (Fsp3) is 0.692. The number of ketones is 1. The van der Waals surface area contributed by atoms with Gasteiger partial charge in [0, 0.05) is 37.5 Å². The summed E-state index contributed by atoms with van der Waals surface area (Å²) >= 11 is 0. The summed E-state index contributed by atoms with van der Waals surface area (Å²) in [6.07, 6.45) is 1.84. The van der Waals surface area contributed by atoms with Gasteiger partial charge in [0.25, 0.3) is 0 Å². The van der Waals surface area contributed by atoms with E-state index in [0.29, 0.717) is 36.3 Å². The van der Waals surface area contributed by atoms with Crippen molar-refractivity contribution in [1.82, 2.24) is 15.5 Å². The average molecular weight is 426 g/mol. The van der Waals surface area contributed by atoms with Crippen LogP contribution in [-0.4, -0.2) is 47.3 Å². The van der Waals surface area contributed by atoms with E-state index in [1.165, 1.54) is 0 Å². The van der Waals surface area contributed by atoms with Crippen molar-refractivity contribution in [1.29, 1.82) is 0 Å². The normalized spacial score (nSPS) is 34.5. The Hall–Kier alpha value is -1.72. The maximum atomic E-state index is 13.9. The van der Waals surface area contributed by atoms with Gasteiger partial charge in [-0.3, -0.25) is 19.8 Å². The van der Waals surface area contributed by atoms with E-state index in [9.17, 15) is 9.59 Å². The zero-order chi connectivity index (χ0) is 22.3. The molecule has 4 bridgehead atoms. The van der Waals surface area contributed by atoms with Crippen LogP contribution < -0.4 is 10.6 Å². The Morgan fingerprint density at radius 2 is 1.87 bits per heavy atom. The lowest BCUT2D eigenvalue weighted by molar-refractivity contribution is -0.147. The fourth-order valence-electron chi connectivity index (χ4n) is 6.80. The van der Waals surface area contributed by atoms with Gasteiger partial charge in [-0.05, 0) is 43.1 Å². The van der Waals surface area contributed by atoms with Gasteiger partial charge in [-0.25, -0.2) is 0 Å². The van der Waals surface area contributed by atoms with Gasteiger partial charge >= 0.3 is 0 Å². The van der Waals surface area contributed by atoms with Crippen LogP contribution >= 0.6 is 0 Å². The summed E-state index contributed by atoms with van der Waals surface area (Å²) < 4.78 is 0. The number of fused-ring (bicyclic) bond motifs is 1. The van der Waals surface area contributed by atoms with Crippen LogP contribution in [0.5, 0.6) is 0 Å². The van der Waals surface area contributed by atoms with E-state index in [1.807, 2.05) is 30.3 Å². The second-order valence-corrected chi connectivity index (χ2v) is 11.0. The SMILES string of the molecule is CC(=O)C1NC2(C(=O)NCc3ccccc3)CC3CN(CC(C)C)C(C31)C2CC(C)C. The number of hydrogen-bond acceptors (Lipinski definition) is 4. The average Bonchev–Trinajstić information content (AvgIpc) is 3.01. The zero-order valence-corrected chi connectivity index (χ0v) is 19.7. The number of nitrogens with zero attached hydrogens (tertiary/aromatic N) is 1. The number of carbonyl (C=O) groups excluding carboxylic acids is 2. The summed E-state index contributed by atoms with van der Waals surface area (Å²) in [7, 11) is 0. The molecule has 6 atom stereocenters. The molecule has 3 heterocycles. The van der Waals surface area contributed by atoms with Crippen LogP contribution in [0.15, 0.2) is 30.3 Å². The highest BCUT2D eigenvalue weighted by molar-refractivity contribution is 5.90. The van der Waals surface area contributed by atoms with E-state index in [2.05, 4.69) is 43.2 Å². The minimum Gasteiger partial charge on any atom is -0.350 e. The molecule has 1 aromatic carbocycles. The predicted molar refractivity (Wildman–Crippen MR) is 123 cm³/mol. The summed E-state index contributed by atoms with van der Waals surface area (Å²) in [6.45, 7) is 13.3. The van der Waals surface area contributed by atoms with E-state index in [0.717, 1.165) is 31.5 Å². The molecule has 0 spiro atoms. The lowest BCUT2D eigenvalue weighted by Gasteiger charge is -2.59. The molecule has 31 heavy (non-hydrogen) atoms. The van der Waals surface area contributed by atoms with Gasteiger partial charge in [-0.15, -0.1) is 0 Å². The molecule has 170 valence electrons. The number of hydrogen-bond donors (Lipinski definition) is 2. The molecule has 1 aromatic rings. The minimum atomic E-state index is -0.662. The van der Waals surface area contributed by atoms with Crippen LogP contribution in [0.3, 0.4) is 0 Å². The molecule has 3 saturated heterocycles. The van der Waals surface area contributed by atoms with Crippen molar-refractivity contribution in [3.8, 4) is 0 Å². The van der Waals surface area contributed by atoms with Crippen molar-refractivity contribution in [2.24, 2.45) is 29.6 Å². The highest BCUT2D eigenvalue weighted by Crippen LogP contribution is 2.55. The van der Waals surface area contributed by atoms with Gasteiger partial charge < -0.3 is 5.32 Å². The molecule has 1 saturated carbocycles. The molecule has 2 N–H and O–H groups in total. The summed E-state index contributed by atoms with van der Waals surface area (Å²) in [6, 6.07) is 10.2. The smallest absolute Gasteiger partial charge is 0.240 e. The zero-order valence-electron chi connectivity index (χ0n) is 19.7. The van der Waals surface area contributed by atoms with Crippen molar-refractivity contribution in [2.45, 2.75) is 71.6 Å². The quantitative estimate of drug-likeness (QED) is 0.671. The summed E-state index contributed by atoms with van der Waals surface area (Å²) in [5.41, 5.74) is 0.440. The van der Waals surface area contributed by atoms with E-state index >= 15 is 0 Å². The minimum absolute atomic E-state index is 0.0767.